The minimum atomic E-state index is 0. The number of benzene rings is 1. The quantitative estimate of drug-likeness (QED) is 0.475. The molecule has 0 spiro atoms. The highest BCUT2D eigenvalue weighted by molar-refractivity contribution is 14.0. The molecule has 1 aromatic rings. The van der Waals surface area contributed by atoms with E-state index in [1.807, 2.05) is 25.2 Å². The Morgan fingerprint density at radius 1 is 1.29 bits per heavy atom. The summed E-state index contributed by atoms with van der Waals surface area (Å²) in [6, 6.07) is 5.53. The van der Waals surface area contributed by atoms with E-state index in [1.54, 1.807) is 7.05 Å². The van der Waals surface area contributed by atoms with Gasteiger partial charge in [-0.05, 0) is 24.1 Å². The lowest BCUT2D eigenvalue weighted by molar-refractivity contribution is 0.834. The lowest BCUT2D eigenvalue weighted by Gasteiger charge is -2.10. The molecule has 96 valence electrons. The van der Waals surface area contributed by atoms with Crippen molar-refractivity contribution in [3.8, 4) is 0 Å². The summed E-state index contributed by atoms with van der Waals surface area (Å²) >= 11 is 12.1. The molecule has 2 N–H and O–H groups in total. The summed E-state index contributed by atoms with van der Waals surface area (Å²) in [5.74, 6) is 0.753. The zero-order chi connectivity index (χ0) is 12.0. The molecule has 1 rings (SSSR count). The van der Waals surface area contributed by atoms with Crippen molar-refractivity contribution in [3.05, 3.63) is 33.8 Å². The van der Waals surface area contributed by atoms with E-state index in [1.165, 1.54) is 0 Å². The number of rotatable bonds is 3. The van der Waals surface area contributed by atoms with Gasteiger partial charge in [0, 0.05) is 30.7 Å². The van der Waals surface area contributed by atoms with Crippen LogP contribution in [0.1, 0.15) is 5.56 Å². The number of halogens is 3. The molecule has 0 amide bonds. The Balaban J connectivity index is 0.00000256. The fraction of sp³-hybridized carbons (Fsp3) is 0.364. The van der Waals surface area contributed by atoms with Crippen LogP contribution in [0.4, 0.5) is 0 Å². The number of hydrogen-bond acceptors (Lipinski definition) is 1. The third-order valence-corrected chi connectivity index (χ3v) is 2.90. The maximum absolute atomic E-state index is 6.05. The lowest BCUT2D eigenvalue weighted by Crippen LogP contribution is -2.35. The van der Waals surface area contributed by atoms with Crippen molar-refractivity contribution in [2.24, 2.45) is 4.99 Å². The fourth-order valence-corrected chi connectivity index (χ4v) is 1.94. The van der Waals surface area contributed by atoms with Crippen molar-refractivity contribution in [2.45, 2.75) is 6.42 Å². The number of guanidine groups is 1. The van der Waals surface area contributed by atoms with E-state index in [0.29, 0.717) is 10.0 Å². The molecule has 0 radical (unpaired) electrons. The SMILES string of the molecule is CN=C(NC)NCCc1c(Cl)cccc1Cl.I. The van der Waals surface area contributed by atoms with Crippen LogP contribution in [0, 0.1) is 0 Å². The summed E-state index contributed by atoms with van der Waals surface area (Å²) in [7, 11) is 3.54. The Bertz CT molecular complexity index is 363. The summed E-state index contributed by atoms with van der Waals surface area (Å²) in [6.45, 7) is 0.733. The maximum Gasteiger partial charge on any atom is 0.190 e. The molecule has 17 heavy (non-hydrogen) atoms. The molecule has 0 atom stereocenters. The number of nitrogens with zero attached hydrogens (tertiary/aromatic N) is 1. The molecule has 1 aromatic carbocycles. The Morgan fingerprint density at radius 3 is 2.35 bits per heavy atom. The van der Waals surface area contributed by atoms with Crippen molar-refractivity contribution in [2.75, 3.05) is 20.6 Å². The second-order valence-corrected chi connectivity index (χ2v) is 4.01. The number of hydrogen-bond donors (Lipinski definition) is 2. The van der Waals surface area contributed by atoms with E-state index in [-0.39, 0.29) is 24.0 Å². The van der Waals surface area contributed by atoms with Crippen molar-refractivity contribution >= 4 is 53.1 Å². The first-order valence-corrected chi connectivity index (χ1v) is 5.76. The van der Waals surface area contributed by atoms with E-state index in [0.717, 1.165) is 24.5 Å². The van der Waals surface area contributed by atoms with Crippen LogP contribution in [-0.2, 0) is 6.42 Å². The third kappa shape index (κ3) is 5.31. The van der Waals surface area contributed by atoms with Crippen LogP contribution in [0.2, 0.25) is 10.0 Å². The number of aliphatic imine (C=N–C) groups is 1. The molecule has 0 aliphatic carbocycles. The Morgan fingerprint density at radius 2 is 1.88 bits per heavy atom. The highest BCUT2D eigenvalue weighted by atomic mass is 127. The molecular weight excluding hydrogens is 372 g/mol. The molecule has 0 unspecified atom stereocenters. The van der Waals surface area contributed by atoms with Crippen molar-refractivity contribution in [3.63, 3.8) is 0 Å². The van der Waals surface area contributed by atoms with Gasteiger partial charge in [-0.2, -0.15) is 0 Å². The average molecular weight is 388 g/mol. The first kappa shape index (κ1) is 16.8. The molecule has 0 bridgehead atoms. The minimum Gasteiger partial charge on any atom is -0.359 e. The smallest absolute Gasteiger partial charge is 0.190 e. The van der Waals surface area contributed by atoms with Crippen LogP contribution >= 0.6 is 47.2 Å². The van der Waals surface area contributed by atoms with E-state index >= 15 is 0 Å². The van der Waals surface area contributed by atoms with E-state index in [2.05, 4.69) is 15.6 Å². The average Bonchev–Trinajstić information content (AvgIpc) is 2.28. The van der Waals surface area contributed by atoms with Crippen molar-refractivity contribution in [1.29, 1.82) is 0 Å². The second-order valence-electron chi connectivity index (χ2n) is 3.20. The van der Waals surface area contributed by atoms with Gasteiger partial charge in [-0.25, -0.2) is 0 Å². The number of nitrogens with one attached hydrogen (secondary N) is 2. The van der Waals surface area contributed by atoms with Gasteiger partial charge in [-0.15, -0.1) is 24.0 Å². The summed E-state index contributed by atoms with van der Waals surface area (Å²) in [6.07, 6.45) is 0.763. The highest BCUT2D eigenvalue weighted by Crippen LogP contribution is 2.24. The van der Waals surface area contributed by atoms with Crippen LogP contribution in [0.3, 0.4) is 0 Å². The molecule has 0 aliphatic heterocycles. The highest BCUT2D eigenvalue weighted by Gasteiger charge is 2.04. The zero-order valence-corrected chi connectivity index (χ0v) is 13.6. The predicted molar refractivity (Wildman–Crippen MR) is 86.0 cm³/mol. The Hall–Kier alpha value is -0.200. The first-order chi connectivity index (χ1) is 7.69. The zero-order valence-electron chi connectivity index (χ0n) is 9.76. The van der Waals surface area contributed by atoms with Crippen LogP contribution in [-0.4, -0.2) is 26.6 Å². The van der Waals surface area contributed by atoms with E-state index in [4.69, 9.17) is 23.2 Å². The summed E-state index contributed by atoms with van der Waals surface area (Å²) in [5, 5.41) is 7.49. The van der Waals surface area contributed by atoms with Gasteiger partial charge in [0.25, 0.3) is 0 Å². The molecular formula is C11H16Cl2IN3. The second kappa shape index (κ2) is 8.83. The van der Waals surface area contributed by atoms with Crippen LogP contribution < -0.4 is 10.6 Å². The third-order valence-electron chi connectivity index (χ3n) is 2.19. The van der Waals surface area contributed by atoms with Crippen LogP contribution in [0.25, 0.3) is 0 Å². The van der Waals surface area contributed by atoms with Gasteiger partial charge in [0.2, 0.25) is 0 Å². The molecule has 3 nitrogen and oxygen atoms in total. The molecule has 0 heterocycles. The molecule has 0 aliphatic rings. The monoisotopic (exact) mass is 387 g/mol. The topological polar surface area (TPSA) is 36.4 Å². The first-order valence-electron chi connectivity index (χ1n) is 5.00. The predicted octanol–water partition coefficient (Wildman–Crippen LogP) is 2.95. The molecule has 0 saturated heterocycles. The van der Waals surface area contributed by atoms with Crippen LogP contribution in [0.5, 0.6) is 0 Å². The maximum atomic E-state index is 6.05. The van der Waals surface area contributed by atoms with Gasteiger partial charge in [0.15, 0.2) is 5.96 Å². The van der Waals surface area contributed by atoms with Crippen LogP contribution in [0.15, 0.2) is 23.2 Å². The van der Waals surface area contributed by atoms with Gasteiger partial charge >= 0.3 is 0 Å². The van der Waals surface area contributed by atoms with Gasteiger partial charge < -0.3 is 10.6 Å². The summed E-state index contributed by atoms with van der Waals surface area (Å²) in [4.78, 5) is 4.01. The van der Waals surface area contributed by atoms with E-state index < -0.39 is 0 Å². The standard InChI is InChI=1S/C11H15Cl2N3.HI/c1-14-11(15-2)16-7-6-8-9(12)4-3-5-10(8)13;/h3-5H,6-7H2,1-2H3,(H2,14,15,16);1H. The molecule has 0 saturated carbocycles. The summed E-state index contributed by atoms with van der Waals surface area (Å²) in [5.41, 5.74) is 0.963. The molecule has 0 fully saturated rings. The molecule has 6 heteroatoms. The van der Waals surface area contributed by atoms with Gasteiger partial charge in [0.05, 0.1) is 0 Å². The Kier molecular flexibility index (Phi) is 8.72. The summed E-state index contributed by atoms with van der Waals surface area (Å²) < 4.78 is 0. The van der Waals surface area contributed by atoms with Gasteiger partial charge in [0.1, 0.15) is 0 Å². The van der Waals surface area contributed by atoms with Gasteiger partial charge in [-0.1, -0.05) is 29.3 Å². The van der Waals surface area contributed by atoms with E-state index in [9.17, 15) is 0 Å². The largest absolute Gasteiger partial charge is 0.359 e. The van der Waals surface area contributed by atoms with Crippen molar-refractivity contribution < 1.29 is 0 Å². The normalized spacial score (nSPS) is 10.7. The molecule has 0 aromatic heterocycles. The Labute approximate surface area is 129 Å². The minimum absolute atomic E-state index is 0. The van der Waals surface area contributed by atoms with Gasteiger partial charge in [-0.3, -0.25) is 4.99 Å². The fourth-order valence-electron chi connectivity index (χ4n) is 1.36. The lowest BCUT2D eigenvalue weighted by atomic mass is 10.1. The van der Waals surface area contributed by atoms with Crippen molar-refractivity contribution in [1.82, 2.24) is 10.6 Å².